The third-order valence-corrected chi connectivity index (χ3v) is 4.03. The van der Waals surface area contributed by atoms with E-state index in [2.05, 4.69) is 0 Å². The van der Waals surface area contributed by atoms with Gasteiger partial charge in [0.25, 0.3) is 0 Å². The van der Waals surface area contributed by atoms with Gasteiger partial charge in [0.15, 0.2) is 5.78 Å². The molecule has 0 bridgehead atoms. The second-order valence-electron chi connectivity index (χ2n) is 3.69. The second kappa shape index (κ2) is 5.14. The van der Waals surface area contributed by atoms with Crippen molar-refractivity contribution >= 4 is 17.5 Å². The first-order valence-corrected chi connectivity index (χ1v) is 6.27. The molecule has 0 amide bonds. The Morgan fingerprint density at radius 1 is 1.29 bits per heavy atom. The number of ether oxygens (including phenoxy) is 2. The van der Waals surface area contributed by atoms with Gasteiger partial charge < -0.3 is 9.47 Å². The van der Waals surface area contributed by atoms with Crippen LogP contribution in [0.15, 0.2) is 0 Å². The molecule has 80 valence electrons. The third kappa shape index (κ3) is 2.49. The van der Waals surface area contributed by atoms with Crippen LogP contribution in [0.4, 0.5) is 0 Å². The molecule has 0 aromatic carbocycles. The van der Waals surface area contributed by atoms with E-state index in [9.17, 15) is 4.79 Å². The third-order valence-electron chi connectivity index (χ3n) is 2.63. The van der Waals surface area contributed by atoms with Crippen LogP contribution < -0.4 is 0 Å². The Bertz CT molecular complexity index is 176. The summed E-state index contributed by atoms with van der Waals surface area (Å²) in [7, 11) is 0. The zero-order valence-corrected chi connectivity index (χ0v) is 9.05. The molecule has 2 aliphatic rings. The molecular weight excluding hydrogens is 200 g/mol. The van der Waals surface area contributed by atoms with E-state index >= 15 is 0 Å². The van der Waals surface area contributed by atoms with E-state index in [-0.39, 0.29) is 17.1 Å². The van der Waals surface area contributed by atoms with Crippen LogP contribution in [0.1, 0.15) is 19.3 Å². The van der Waals surface area contributed by atoms with Crippen molar-refractivity contribution in [3.63, 3.8) is 0 Å². The monoisotopic (exact) mass is 216 g/mol. The van der Waals surface area contributed by atoms with Gasteiger partial charge in [-0.3, -0.25) is 4.79 Å². The highest BCUT2D eigenvalue weighted by molar-refractivity contribution is 8.00. The molecule has 2 atom stereocenters. The summed E-state index contributed by atoms with van der Waals surface area (Å²) in [5.41, 5.74) is 0. The van der Waals surface area contributed by atoms with Gasteiger partial charge in [-0.25, -0.2) is 0 Å². The van der Waals surface area contributed by atoms with Gasteiger partial charge in [-0.15, -0.1) is 0 Å². The van der Waals surface area contributed by atoms with Gasteiger partial charge in [0.05, 0.1) is 25.1 Å². The zero-order valence-electron chi connectivity index (χ0n) is 8.24. The van der Waals surface area contributed by atoms with Crippen LogP contribution >= 0.6 is 11.8 Å². The summed E-state index contributed by atoms with van der Waals surface area (Å²) in [6.07, 6.45) is 3.15. The van der Waals surface area contributed by atoms with Crippen LogP contribution in [0.3, 0.4) is 0 Å². The average molecular weight is 216 g/mol. The maximum absolute atomic E-state index is 11.9. The topological polar surface area (TPSA) is 35.5 Å². The fraction of sp³-hybridized carbons (Fsp3) is 0.900. The number of hydrogen-bond acceptors (Lipinski definition) is 4. The number of thioether (sulfide) groups is 1. The molecule has 0 aliphatic carbocycles. The summed E-state index contributed by atoms with van der Waals surface area (Å²) < 4.78 is 10.6. The van der Waals surface area contributed by atoms with Crippen LogP contribution in [0.25, 0.3) is 0 Å². The lowest BCUT2D eigenvalue weighted by molar-refractivity contribution is -0.144. The molecule has 0 spiro atoms. The number of carbonyl (C=O) groups excluding carboxylic acids is 1. The molecule has 4 heteroatoms. The Hall–Kier alpha value is -0.0600. The number of carbonyl (C=O) groups is 1. The lowest BCUT2D eigenvalue weighted by atomic mass is 10.1. The van der Waals surface area contributed by atoms with E-state index in [1.54, 1.807) is 11.8 Å². The first-order chi connectivity index (χ1) is 6.88. The van der Waals surface area contributed by atoms with E-state index in [0.717, 1.165) is 12.2 Å². The lowest BCUT2D eigenvalue weighted by Gasteiger charge is -2.27. The standard InChI is InChI=1S/C10H16O3S/c11-10(8-7-12-4-5-13-8)9-3-1-2-6-14-9/h8-9H,1-7H2. The number of hydrogen-bond donors (Lipinski definition) is 0. The van der Waals surface area contributed by atoms with Crippen molar-refractivity contribution in [1.82, 2.24) is 0 Å². The summed E-state index contributed by atoms with van der Waals surface area (Å²) in [5.74, 6) is 1.36. The van der Waals surface area contributed by atoms with Gasteiger partial charge >= 0.3 is 0 Å². The highest BCUT2D eigenvalue weighted by atomic mass is 32.2. The van der Waals surface area contributed by atoms with E-state index in [1.165, 1.54) is 12.8 Å². The molecule has 3 nitrogen and oxygen atoms in total. The van der Waals surface area contributed by atoms with E-state index in [1.807, 2.05) is 0 Å². The van der Waals surface area contributed by atoms with Crippen molar-refractivity contribution in [3.05, 3.63) is 0 Å². The van der Waals surface area contributed by atoms with E-state index < -0.39 is 0 Å². The summed E-state index contributed by atoms with van der Waals surface area (Å²) in [6, 6.07) is 0. The number of rotatable bonds is 2. The van der Waals surface area contributed by atoms with Gasteiger partial charge in [0.2, 0.25) is 0 Å². The Labute approximate surface area is 88.5 Å². The summed E-state index contributed by atoms with van der Waals surface area (Å²) >= 11 is 1.78. The van der Waals surface area contributed by atoms with Crippen molar-refractivity contribution in [2.75, 3.05) is 25.6 Å². The first kappa shape index (κ1) is 10.5. The predicted octanol–water partition coefficient (Wildman–Crippen LogP) is 1.26. The summed E-state index contributed by atoms with van der Waals surface area (Å²) in [5, 5.41) is 0.162. The summed E-state index contributed by atoms with van der Waals surface area (Å²) in [6.45, 7) is 1.64. The van der Waals surface area contributed by atoms with Crippen molar-refractivity contribution in [2.24, 2.45) is 0 Å². The fourth-order valence-corrected chi connectivity index (χ4v) is 3.13. The van der Waals surface area contributed by atoms with Crippen molar-refractivity contribution in [3.8, 4) is 0 Å². The molecule has 0 N–H and O–H groups in total. The van der Waals surface area contributed by atoms with E-state index in [4.69, 9.17) is 9.47 Å². The fourth-order valence-electron chi connectivity index (χ4n) is 1.82. The molecule has 2 saturated heterocycles. The maximum Gasteiger partial charge on any atom is 0.176 e. The molecule has 2 heterocycles. The van der Waals surface area contributed by atoms with Crippen molar-refractivity contribution in [1.29, 1.82) is 0 Å². The number of Topliss-reactive ketones (excluding diaryl/α,β-unsaturated/α-hetero) is 1. The quantitative estimate of drug-likeness (QED) is 0.696. The van der Waals surface area contributed by atoms with Crippen molar-refractivity contribution < 1.29 is 14.3 Å². The first-order valence-electron chi connectivity index (χ1n) is 5.22. The molecule has 2 aliphatic heterocycles. The minimum absolute atomic E-state index is 0.162. The minimum atomic E-state index is -0.292. The van der Waals surface area contributed by atoms with Gasteiger partial charge in [0, 0.05) is 0 Å². The zero-order chi connectivity index (χ0) is 9.80. The second-order valence-corrected chi connectivity index (χ2v) is 5.00. The van der Waals surface area contributed by atoms with Crippen LogP contribution in [-0.4, -0.2) is 42.7 Å². The molecule has 2 fully saturated rings. The Balaban J connectivity index is 1.85. The molecule has 2 unspecified atom stereocenters. The minimum Gasteiger partial charge on any atom is -0.376 e. The van der Waals surface area contributed by atoms with Crippen LogP contribution in [0.5, 0.6) is 0 Å². The van der Waals surface area contributed by atoms with Crippen LogP contribution in [-0.2, 0) is 14.3 Å². The molecule has 0 aromatic rings. The summed E-state index contributed by atoms with van der Waals surface area (Å²) in [4.78, 5) is 11.9. The molecule has 2 rings (SSSR count). The normalized spacial score (nSPS) is 34.0. The highest BCUT2D eigenvalue weighted by Crippen LogP contribution is 2.27. The SMILES string of the molecule is O=C(C1COCCO1)C1CCCCS1. The van der Waals surface area contributed by atoms with Crippen LogP contribution in [0.2, 0.25) is 0 Å². The smallest absolute Gasteiger partial charge is 0.176 e. The molecule has 0 aromatic heterocycles. The lowest BCUT2D eigenvalue weighted by Crippen LogP contribution is -2.40. The molecule has 14 heavy (non-hydrogen) atoms. The predicted molar refractivity (Wildman–Crippen MR) is 55.7 cm³/mol. The van der Waals surface area contributed by atoms with E-state index in [0.29, 0.717) is 19.8 Å². The number of ketones is 1. The Morgan fingerprint density at radius 2 is 2.21 bits per heavy atom. The molecule has 0 saturated carbocycles. The van der Waals surface area contributed by atoms with Gasteiger partial charge in [-0.2, -0.15) is 11.8 Å². The largest absolute Gasteiger partial charge is 0.376 e. The Kier molecular flexibility index (Phi) is 3.84. The molecular formula is C10H16O3S. The average Bonchev–Trinajstić information content (AvgIpc) is 2.30. The highest BCUT2D eigenvalue weighted by Gasteiger charge is 2.30. The maximum atomic E-state index is 11.9. The van der Waals surface area contributed by atoms with Crippen molar-refractivity contribution in [2.45, 2.75) is 30.6 Å². The van der Waals surface area contributed by atoms with Gasteiger partial charge in [-0.1, -0.05) is 6.42 Å². The Morgan fingerprint density at radius 3 is 2.86 bits per heavy atom. The van der Waals surface area contributed by atoms with Gasteiger partial charge in [0.1, 0.15) is 6.10 Å². The van der Waals surface area contributed by atoms with Crippen LogP contribution in [0, 0.1) is 0 Å². The molecule has 0 radical (unpaired) electrons. The van der Waals surface area contributed by atoms with Gasteiger partial charge in [-0.05, 0) is 18.6 Å².